The third-order valence-electron chi connectivity index (χ3n) is 1.62. The van der Waals surface area contributed by atoms with Gasteiger partial charge in [-0.15, -0.1) is 13.2 Å². The zero-order valence-electron chi connectivity index (χ0n) is 10.3. The van der Waals surface area contributed by atoms with Crippen molar-refractivity contribution in [2.24, 2.45) is 0 Å². The van der Waals surface area contributed by atoms with E-state index in [0.717, 1.165) is 0 Å². The molecule has 0 nitrogen and oxygen atoms in total. The summed E-state index contributed by atoms with van der Waals surface area (Å²) in [7, 11) is 0. The second-order valence-corrected chi connectivity index (χ2v) is 2.93. The monoisotopic (exact) mass is 346 g/mol. The quantitative estimate of drug-likeness (QED) is 0.391. The summed E-state index contributed by atoms with van der Waals surface area (Å²) in [5.74, 6) is 0. The van der Waals surface area contributed by atoms with Crippen molar-refractivity contribution in [1.29, 1.82) is 0 Å². The fraction of sp³-hybridized carbons (Fsp3) is 0.143. The normalized spacial score (nSPS) is 6.47. The smallest absolute Gasteiger partial charge is 1.00 e. The summed E-state index contributed by atoms with van der Waals surface area (Å²) in [6.07, 6.45) is 0. The number of hydrogen-bond donors (Lipinski definition) is 0. The molecule has 0 aliphatic carbocycles. The Morgan fingerprint density at radius 1 is 0.882 bits per heavy atom. The van der Waals surface area contributed by atoms with Crippen LogP contribution >= 0.6 is 0 Å². The van der Waals surface area contributed by atoms with Gasteiger partial charge in [0.25, 0.3) is 0 Å². The van der Waals surface area contributed by atoms with Gasteiger partial charge in [0.1, 0.15) is 0 Å². The minimum Gasteiger partial charge on any atom is -1.00 e. The molecule has 0 amide bonds. The molecular formula is C14H18Cl2Zr. The minimum absolute atomic E-state index is 0. The number of halogens is 2. The van der Waals surface area contributed by atoms with Gasteiger partial charge >= 0.3 is 26.2 Å². The maximum Gasteiger partial charge on any atom is 4.00 e. The Morgan fingerprint density at radius 2 is 1.24 bits per heavy atom. The van der Waals surface area contributed by atoms with Gasteiger partial charge in [0.05, 0.1) is 0 Å². The van der Waals surface area contributed by atoms with Crippen LogP contribution < -0.4 is 24.8 Å². The van der Waals surface area contributed by atoms with Crippen molar-refractivity contribution in [2.75, 3.05) is 0 Å². The molecule has 0 aliphatic rings. The molecule has 0 bridgehead atoms. The first-order valence-electron chi connectivity index (χ1n) is 4.65. The van der Waals surface area contributed by atoms with E-state index < -0.39 is 0 Å². The molecule has 0 saturated carbocycles. The van der Waals surface area contributed by atoms with Crippen molar-refractivity contribution in [3.8, 4) is 0 Å². The van der Waals surface area contributed by atoms with Crippen LogP contribution in [0.25, 0.3) is 0 Å². The van der Waals surface area contributed by atoms with Crippen LogP contribution in [-0.2, 0) is 26.2 Å². The van der Waals surface area contributed by atoms with E-state index in [1.165, 1.54) is 11.1 Å². The van der Waals surface area contributed by atoms with Crippen molar-refractivity contribution in [1.82, 2.24) is 0 Å². The zero-order chi connectivity index (χ0) is 10.8. The maximum absolute atomic E-state index is 3.00. The summed E-state index contributed by atoms with van der Waals surface area (Å²) in [6, 6.07) is 16.4. The van der Waals surface area contributed by atoms with Crippen LogP contribution in [0.2, 0.25) is 0 Å². The van der Waals surface area contributed by atoms with E-state index in [0.29, 0.717) is 0 Å². The van der Waals surface area contributed by atoms with Crippen molar-refractivity contribution >= 4 is 0 Å². The molecule has 0 aromatic heterocycles. The van der Waals surface area contributed by atoms with E-state index >= 15 is 0 Å². The average molecular weight is 348 g/mol. The first-order chi connectivity index (χ1) is 6.79. The molecule has 0 radical (unpaired) electrons. The van der Waals surface area contributed by atoms with Crippen molar-refractivity contribution in [3.63, 3.8) is 0 Å². The molecule has 0 heterocycles. The maximum atomic E-state index is 3.00. The number of rotatable bonds is 0. The van der Waals surface area contributed by atoms with E-state index in [4.69, 9.17) is 0 Å². The van der Waals surface area contributed by atoms with Crippen LogP contribution in [0.3, 0.4) is 0 Å². The summed E-state index contributed by atoms with van der Waals surface area (Å²) in [5, 5.41) is 0. The molecule has 0 unspecified atom stereocenters. The van der Waals surface area contributed by atoms with Gasteiger partial charge in [-0.3, -0.25) is 0 Å². The zero-order valence-corrected chi connectivity index (χ0v) is 14.3. The molecule has 0 spiro atoms. The number of aryl methyl sites for hydroxylation is 2. The first kappa shape index (κ1) is 25.7. The first-order valence-corrected chi connectivity index (χ1v) is 4.65. The summed E-state index contributed by atoms with van der Waals surface area (Å²) in [4.78, 5) is 0. The third-order valence-corrected chi connectivity index (χ3v) is 1.62. The Balaban J connectivity index is -0.0000000769. The molecule has 0 aliphatic heterocycles. The second kappa shape index (κ2) is 18.3. The van der Waals surface area contributed by atoms with Crippen molar-refractivity contribution in [3.05, 3.63) is 72.8 Å². The van der Waals surface area contributed by atoms with Crippen LogP contribution in [0.15, 0.2) is 61.7 Å². The van der Waals surface area contributed by atoms with E-state index in [1.807, 2.05) is 30.3 Å². The Labute approximate surface area is 137 Å². The van der Waals surface area contributed by atoms with Gasteiger partial charge in [-0.2, -0.15) is 35.4 Å². The van der Waals surface area contributed by atoms with Crippen LogP contribution in [0, 0.1) is 13.8 Å². The SMILES string of the molecule is C=C.Cc1ccc(C)[cH-]1.[Cl-].[Cl-].[Zr+4].c1cc[cH-]c1. The van der Waals surface area contributed by atoms with E-state index in [1.54, 1.807) is 0 Å². The Kier molecular flexibility index (Phi) is 27.6. The molecule has 0 saturated heterocycles. The predicted octanol–water partition coefficient (Wildman–Crippen LogP) is -1.76. The second-order valence-electron chi connectivity index (χ2n) is 2.93. The third kappa shape index (κ3) is 15.9. The molecule has 3 heteroatoms. The molecule has 2 rings (SSSR count). The van der Waals surface area contributed by atoms with Crippen LogP contribution in [0.5, 0.6) is 0 Å². The van der Waals surface area contributed by atoms with Gasteiger partial charge in [-0.25, -0.2) is 24.3 Å². The van der Waals surface area contributed by atoms with E-state index in [9.17, 15) is 0 Å². The van der Waals surface area contributed by atoms with Crippen molar-refractivity contribution in [2.45, 2.75) is 13.8 Å². The van der Waals surface area contributed by atoms with Gasteiger partial charge in [0.15, 0.2) is 0 Å². The topological polar surface area (TPSA) is 0 Å². The average Bonchev–Trinajstić information content (AvgIpc) is 2.84. The van der Waals surface area contributed by atoms with E-state index in [-0.39, 0.29) is 51.0 Å². The van der Waals surface area contributed by atoms with Gasteiger partial charge < -0.3 is 24.8 Å². The fourth-order valence-electron chi connectivity index (χ4n) is 1.04. The molecular weight excluding hydrogens is 330 g/mol. The van der Waals surface area contributed by atoms with Crippen LogP contribution in [-0.4, -0.2) is 0 Å². The van der Waals surface area contributed by atoms with E-state index in [2.05, 4.69) is 45.2 Å². The largest absolute Gasteiger partial charge is 4.00 e. The standard InChI is InChI=1S/C7H9.C5H5.C2H4.2ClH.Zr/c1-6-3-4-7(2)5-6;1-2-4-5-3-1;1-2;;;/h3-5H,1-2H3;1-5H;1-2H2;2*1H;/q2*-1;;;;+4/p-2. The van der Waals surface area contributed by atoms with Gasteiger partial charge in [-0.1, -0.05) is 13.8 Å². The fourth-order valence-corrected chi connectivity index (χ4v) is 1.04. The van der Waals surface area contributed by atoms with Crippen LogP contribution in [0.4, 0.5) is 0 Å². The molecule has 0 N–H and O–H groups in total. The van der Waals surface area contributed by atoms with Crippen LogP contribution in [0.1, 0.15) is 11.1 Å². The summed E-state index contributed by atoms with van der Waals surface area (Å²) in [5.41, 5.74) is 2.72. The molecule has 2 aromatic carbocycles. The molecule has 92 valence electrons. The molecule has 0 atom stereocenters. The van der Waals surface area contributed by atoms with Crippen molar-refractivity contribution < 1.29 is 51.0 Å². The predicted molar refractivity (Wildman–Crippen MR) is 64.8 cm³/mol. The van der Waals surface area contributed by atoms with Gasteiger partial charge in [0.2, 0.25) is 0 Å². The molecule has 2 aromatic rings. The van der Waals surface area contributed by atoms with Gasteiger partial charge in [-0.05, 0) is 0 Å². The summed E-state index contributed by atoms with van der Waals surface area (Å²) >= 11 is 0. The minimum atomic E-state index is 0. The summed E-state index contributed by atoms with van der Waals surface area (Å²) in [6.45, 7) is 10.2. The Hall–Kier alpha value is -0.0969. The molecule has 17 heavy (non-hydrogen) atoms. The summed E-state index contributed by atoms with van der Waals surface area (Å²) < 4.78 is 0. The Bertz CT molecular complexity index is 279. The Morgan fingerprint density at radius 3 is 1.35 bits per heavy atom. The molecule has 0 fully saturated rings. The van der Waals surface area contributed by atoms with Gasteiger partial charge in [0, 0.05) is 0 Å². The number of hydrogen-bond acceptors (Lipinski definition) is 0.